The maximum atomic E-state index is 12.4. The van der Waals surface area contributed by atoms with Crippen LogP contribution in [0.25, 0.3) is 5.65 Å². The molecule has 1 fully saturated rings. The molecule has 1 aliphatic rings. The lowest BCUT2D eigenvalue weighted by Gasteiger charge is -2.21. The summed E-state index contributed by atoms with van der Waals surface area (Å²) in [6.07, 6.45) is 3.20. The molecule has 0 radical (unpaired) electrons. The van der Waals surface area contributed by atoms with Crippen molar-refractivity contribution in [2.75, 3.05) is 18.5 Å². The van der Waals surface area contributed by atoms with Crippen LogP contribution in [0.3, 0.4) is 0 Å². The van der Waals surface area contributed by atoms with E-state index >= 15 is 0 Å². The lowest BCUT2D eigenvalue weighted by Crippen LogP contribution is -2.28. The Morgan fingerprint density at radius 3 is 2.85 bits per heavy atom. The molecule has 1 aliphatic heterocycles. The van der Waals surface area contributed by atoms with Gasteiger partial charge in [-0.3, -0.25) is 9.20 Å². The van der Waals surface area contributed by atoms with Gasteiger partial charge in [0, 0.05) is 31.0 Å². The molecule has 3 heterocycles. The van der Waals surface area contributed by atoms with E-state index < -0.39 is 0 Å². The number of hydrogen-bond acceptors (Lipinski definition) is 4. The molecule has 3 aromatic rings. The van der Waals surface area contributed by atoms with Crippen LogP contribution in [0.4, 0.5) is 5.69 Å². The largest absolute Gasteiger partial charge is 0.381 e. The number of hydrogen-bond donors (Lipinski definition) is 1. The molecule has 0 aliphatic carbocycles. The Bertz CT molecular complexity index is 986. The highest BCUT2D eigenvalue weighted by Gasteiger charge is 2.21. The monoisotopic (exact) mass is 352 g/mol. The van der Waals surface area contributed by atoms with Gasteiger partial charge in [0.15, 0.2) is 5.65 Å². The maximum Gasteiger partial charge on any atom is 0.350 e. The first kappa shape index (κ1) is 16.5. The number of carbonyl (C=O) groups excluding carboxylic acids is 1. The fourth-order valence-electron chi connectivity index (χ4n) is 3.20. The zero-order chi connectivity index (χ0) is 17.9. The molecule has 1 amide bonds. The Balaban J connectivity index is 1.51. The Labute approximate surface area is 150 Å². The van der Waals surface area contributed by atoms with Crippen molar-refractivity contribution in [3.8, 4) is 0 Å². The molecule has 1 saturated heterocycles. The van der Waals surface area contributed by atoms with Gasteiger partial charge in [-0.1, -0.05) is 18.2 Å². The van der Waals surface area contributed by atoms with Crippen molar-refractivity contribution < 1.29 is 9.53 Å². The fourth-order valence-corrected chi connectivity index (χ4v) is 3.20. The molecular weight excluding hydrogens is 332 g/mol. The van der Waals surface area contributed by atoms with Gasteiger partial charge in [0.1, 0.15) is 0 Å². The van der Waals surface area contributed by atoms with Crippen LogP contribution >= 0.6 is 0 Å². The molecule has 0 unspecified atom stereocenters. The van der Waals surface area contributed by atoms with Crippen LogP contribution in [0, 0.1) is 5.92 Å². The molecule has 0 atom stereocenters. The van der Waals surface area contributed by atoms with Gasteiger partial charge >= 0.3 is 5.69 Å². The highest BCUT2D eigenvalue weighted by Crippen LogP contribution is 2.18. The Kier molecular flexibility index (Phi) is 4.53. The van der Waals surface area contributed by atoms with E-state index in [9.17, 15) is 9.59 Å². The number of nitrogens with zero attached hydrogens (tertiary/aromatic N) is 3. The van der Waals surface area contributed by atoms with Gasteiger partial charge in [-0.15, -0.1) is 5.10 Å². The van der Waals surface area contributed by atoms with Crippen molar-refractivity contribution in [3.63, 3.8) is 0 Å². The standard InChI is InChI=1S/C19H20N4O3/c24-18(15-7-10-26-11-8-15)20-16-5-3-4-14(12-16)13-23-19(25)22-9-2-1-6-17(22)21-23/h1-6,9,12,15H,7-8,10-11,13H2,(H,20,24). The number of ether oxygens (including phenoxy) is 1. The average molecular weight is 352 g/mol. The minimum atomic E-state index is -0.183. The number of benzene rings is 1. The zero-order valence-electron chi connectivity index (χ0n) is 14.3. The van der Waals surface area contributed by atoms with E-state index in [1.807, 2.05) is 30.3 Å². The molecule has 7 heteroatoms. The van der Waals surface area contributed by atoms with E-state index in [1.165, 1.54) is 9.08 Å². The molecule has 1 N–H and O–H groups in total. The Morgan fingerprint density at radius 1 is 1.19 bits per heavy atom. The van der Waals surface area contributed by atoms with Crippen LogP contribution in [0.2, 0.25) is 0 Å². The quantitative estimate of drug-likeness (QED) is 0.778. The second kappa shape index (κ2) is 7.13. The Hall–Kier alpha value is -2.93. The lowest BCUT2D eigenvalue weighted by atomic mass is 9.99. The summed E-state index contributed by atoms with van der Waals surface area (Å²) in [5.74, 6) is 0.0174. The van der Waals surface area contributed by atoms with E-state index in [0.29, 0.717) is 25.4 Å². The molecular formula is C19H20N4O3. The molecule has 1 aromatic carbocycles. The van der Waals surface area contributed by atoms with E-state index in [4.69, 9.17) is 4.74 Å². The van der Waals surface area contributed by atoms with Gasteiger partial charge in [0.25, 0.3) is 0 Å². The van der Waals surface area contributed by atoms with Gasteiger partial charge in [-0.2, -0.15) is 0 Å². The van der Waals surface area contributed by atoms with Crippen molar-refractivity contribution in [2.24, 2.45) is 5.92 Å². The number of rotatable bonds is 4. The highest BCUT2D eigenvalue weighted by atomic mass is 16.5. The molecule has 2 aromatic heterocycles. The molecule has 0 bridgehead atoms. The third-order valence-electron chi connectivity index (χ3n) is 4.61. The molecule has 134 valence electrons. The summed E-state index contributed by atoms with van der Waals surface area (Å²) in [4.78, 5) is 24.8. The SMILES string of the molecule is O=C(Nc1cccc(Cn2nc3ccccn3c2=O)c1)C1CCOCC1. The van der Waals surface area contributed by atoms with Crippen molar-refractivity contribution >= 4 is 17.2 Å². The van der Waals surface area contributed by atoms with Crippen LogP contribution in [0.15, 0.2) is 53.5 Å². The Morgan fingerprint density at radius 2 is 2.04 bits per heavy atom. The number of nitrogens with one attached hydrogen (secondary N) is 1. The number of aromatic nitrogens is 3. The van der Waals surface area contributed by atoms with Gasteiger partial charge in [0.05, 0.1) is 6.54 Å². The topological polar surface area (TPSA) is 77.6 Å². The van der Waals surface area contributed by atoms with Crippen LogP contribution in [0.1, 0.15) is 18.4 Å². The minimum absolute atomic E-state index is 0.00605. The van der Waals surface area contributed by atoms with Crippen LogP contribution < -0.4 is 11.0 Å². The second-order valence-corrected chi connectivity index (χ2v) is 6.45. The fraction of sp³-hybridized carbons (Fsp3) is 0.316. The lowest BCUT2D eigenvalue weighted by molar-refractivity contribution is -0.122. The predicted octanol–water partition coefficient (Wildman–Crippen LogP) is 1.91. The maximum absolute atomic E-state index is 12.4. The van der Waals surface area contributed by atoms with E-state index in [1.54, 1.807) is 18.3 Å². The van der Waals surface area contributed by atoms with Crippen molar-refractivity contribution in [2.45, 2.75) is 19.4 Å². The van der Waals surface area contributed by atoms with Crippen molar-refractivity contribution in [1.82, 2.24) is 14.2 Å². The normalized spacial score (nSPS) is 15.2. The number of pyridine rings is 1. The summed E-state index contributed by atoms with van der Waals surface area (Å²) in [5.41, 5.74) is 2.06. The van der Waals surface area contributed by atoms with Crippen LogP contribution in [0.5, 0.6) is 0 Å². The second-order valence-electron chi connectivity index (χ2n) is 6.45. The van der Waals surface area contributed by atoms with E-state index in [2.05, 4.69) is 10.4 Å². The summed E-state index contributed by atoms with van der Waals surface area (Å²) in [5, 5.41) is 7.31. The smallest absolute Gasteiger partial charge is 0.350 e. The average Bonchev–Trinajstić information content (AvgIpc) is 2.99. The molecule has 0 spiro atoms. The molecule has 4 rings (SSSR count). The molecule has 26 heavy (non-hydrogen) atoms. The minimum Gasteiger partial charge on any atom is -0.381 e. The van der Waals surface area contributed by atoms with E-state index in [0.717, 1.165) is 24.1 Å². The summed E-state index contributed by atoms with van der Waals surface area (Å²) in [6, 6.07) is 13.0. The van der Waals surface area contributed by atoms with Gasteiger partial charge in [-0.25, -0.2) is 9.48 Å². The number of fused-ring (bicyclic) bond motifs is 1. The third kappa shape index (κ3) is 3.39. The van der Waals surface area contributed by atoms with Crippen molar-refractivity contribution in [1.29, 1.82) is 0 Å². The molecule has 0 saturated carbocycles. The van der Waals surface area contributed by atoms with Crippen LogP contribution in [-0.2, 0) is 16.1 Å². The number of anilines is 1. The number of amides is 1. The van der Waals surface area contributed by atoms with Crippen molar-refractivity contribution in [3.05, 3.63) is 64.7 Å². The summed E-state index contributed by atoms with van der Waals surface area (Å²) < 4.78 is 8.24. The first-order valence-electron chi connectivity index (χ1n) is 8.72. The summed E-state index contributed by atoms with van der Waals surface area (Å²) >= 11 is 0. The molecule has 7 nitrogen and oxygen atoms in total. The number of carbonyl (C=O) groups is 1. The van der Waals surface area contributed by atoms with Gasteiger partial charge in [-0.05, 0) is 42.7 Å². The summed E-state index contributed by atoms with van der Waals surface area (Å²) in [6.45, 7) is 1.62. The van der Waals surface area contributed by atoms with E-state index in [-0.39, 0.29) is 17.5 Å². The summed E-state index contributed by atoms with van der Waals surface area (Å²) in [7, 11) is 0. The highest BCUT2D eigenvalue weighted by molar-refractivity contribution is 5.92. The third-order valence-corrected chi connectivity index (χ3v) is 4.61. The zero-order valence-corrected chi connectivity index (χ0v) is 14.3. The van der Waals surface area contributed by atoms with Crippen LogP contribution in [-0.4, -0.2) is 33.3 Å². The van der Waals surface area contributed by atoms with Gasteiger partial charge in [0.2, 0.25) is 5.91 Å². The van der Waals surface area contributed by atoms with Gasteiger partial charge < -0.3 is 10.1 Å². The first-order valence-corrected chi connectivity index (χ1v) is 8.72. The first-order chi connectivity index (χ1) is 12.7. The predicted molar refractivity (Wildman–Crippen MR) is 97.2 cm³/mol.